The van der Waals surface area contributed by atoms with Crippen LogP contribution in [0.2, 0.25) is 0 Å². The number of ether oxygens (including phenoxy) is 4. The Hall–Kier alpha value is -3.53. The molecule has 0 aliphatic carbocycles. The van der Waals surface area contributed by atoms with E-state index in [4.69, 9.17) is 18.9 Å². The molecule has 71 heavy (non-hydrogen) atoms. The summed E-state index contributed by atoms with van der Waals surface area (Å²) in [4.78, 5) is 37.3. The highest BCUT2D eigenvalue weighted by Crippen LogP contribution is 2.16. The molecule has 2 unspecified atom stereocenters. The standard InChI is InChI=1S/C62H107NO8/c1-6-8-10-12-14-16-18-20-22-24-25-26-27-28-29-30-31-32-33-34-35-37-38-40-42-44-46-48-50-52-59(64)69-56-58(57-70-62(61(66)67)68-55-54-63(3,4)5)71-60(65)53-51-49-47-45-43-41-39-36-23-21-19-17-15-13-11-9-7-2/h9,11,15,17-18,20-21,23-25,39,41,45,47,58,62H,6-8,10,12-14,16,19,22,26-38,40,42-44,46,48-57H2,1-5H3/p+1/b11-9-,17-15-,20-18-,23-21-,25-24-,41-39-,47-45-. The Labute approximate surface area is 436 Å². The second-order valence-corrected chi connectivity index (χ2v) is 20.2. The van der Waals surface area contributed by atoms with Crippen LogP contribution in [-0.4, -0.2) is 87.4 Å². The van der Waals surface area contributed by atoms with Gasteiger partial charge in [-0.15, -0.1) is 0 Å². The van der Waals surface area contributed by atoms with E-state index in [1.54, 1.807) is 0 Å². The zero-order chi connectivity index (χ0) is 52.0. The van der Waals surface area contributed by atoms with Gasteiger partial charge in [0.2, 0.25) is 0 Å². The Kier molecular flexibility index (Phi) is 50.2. The van der Waals surface area contributed by atoms with Crippen LogP contribution in [0.3, 0.4) is 0 Å². The predicted molar refractivity (Wildman–Crippen MR) is 299 cm³/mol. The second-order valence-electron chi connectivity index (χ2n) is 20.2. The number of esters is 2. The maximum atomic E-state index is 12.8. The fourth-order valence-corrected chi connectivity index (χ4v) is 7.73. The third kappa shape index (κ3) is 54.1. The van der Waals surface area contributed by atoms with Gasteiger partial charge in [0.05, 0.1) is 34.4 Å². The highest BCUT2D eigenvalue weighted by molar-refractivity contribution is 5.71. The number of carboxylic acids is 1. The van der Waals surface area contributed by atoms with E-state index in [-0.39, 0.29) is 38.6 Å². The van der Waals surface area contributed by atoms with Crippen LogP contribution in [0, 0.1) is 0 Å². The molecule has 0 amide bonds. The molecular formula is C62H108NO8+. The number of hydrogen-bond donors (Lipinski definition) is 1. The highest BCUT2D eigenvalue weighted by atomic mass is 16.7. The van der Waals surface area contributed by atoms with Gasteiger partial charge in [0.15, 0.2) is 6.10 Å². The third-order valence-electron chi connectivity index (χ3n) is 12.1. The topological polar surface area (TPSA) is 108 Å². The van der Waals surface area contributed by atoms with Gasteiger partial charge in [0.25, 0.3) is 6.29 Å². The molecule has 0 rings (SSSR count). The number of carbonyl (C=O) groups excluding carboxylic acids is 2. The molecule has 0 saturated heterocycles. The van der Waals surface area contributed by atoms with Gasteiger partial charge in [-0.3, -0.25) is 9.59 Å². The number of carbonyl (C=O) groups is 3. The Morgan fingerprint density at radius 3 is 1.24 bits per heavy atom. The molecule has 408 valence electrons. The van der Waals surface area contributed by atoms with Gasteiger partial charge in [-0.25, -0.2) is 4.79 Å². The number of hydrogen-bond acceptors (Lipinski definition) is 7. The quantitative estimate of drug-likeness (QED) is 0.0211. The normalized spacial score (nSPS) is 13.4. The fourth-order valence-electron chi connectivity index (χ4n) is 7.73. The van der Waals surface area contributed by atoms with E-state index in [0.29, 0.717) is 17.4 Å². The Bertz CT molecular complexity index is 1440. The zero-order valence-electron chi connectivity index (χ0n) is 46.4. The molecule has 0 saturated carbocycles. The van der Waals surface area contributed by atoms with Crippen LogP contribution in [0.4, 0.5) is 0 Å². The van der Waals surface area contributed by atoms with Gasteiger partial charge >= 0.3 is 17.9 Å². The summed E-state index contributed by atoms with van der Waals surface area (Å²) in [6.07, 6.45) is 66.8. The molecule has 0 bridgehead atoms. The Morgan fingerprint density at radius 1 is 0.437 bits per heavy atom. The minimum absolute atomic E-state index is 0.174. The van der Waals surface area contributed by atoms with Crippen molar-refractivity contribution in [1.29, 1.82) is 0 Å². The summed E-state index contributed by atoms with van der Waals surface area (Å²) in [5.74, 6) is -2.09. The molecule has 0 heterocycles. The van der Waals surface area contributed by atoms with Crippen molar-refractivity contribution in [3.63, 3.8) is 0 Å². The molecule has 9 heteroatoms. The molecule has 1 N–H and O–H groups in total. The van der Waals surface area contributed by atoms with Crippen LogP contribution < -0.4 is 0 Å². The molecular weight excluding hydrogens is 887 g/mol. The third-order valence-corrected chi connectivity index (χ3v) is 12.1. The lowest BCUT2D eigenvalue weighted by molar-refractivity contribution is -0.870. The summed E-state index contributed by atoms with van der Waals surface area (Å²) in [6.45, 7) is 4.69. The minimum atomic E-state index is -1.53. The average Bonchev–Trinajstić information content (AvgIpc) is 3.34. The van der Waals surface area contributed by atoms with E-state index in [0.717, 1.165) is 64.2 Å². The van der Waals surface area contributed by atoms with Crippen molar-refractivity contribution in [2.24, 2.45) is 0 Å². The molecule has 9 nitrogen and oxygen atoms in total. The van der Waals surface area contributed by atoms with Crippen molar-refractivity contribution in [3.8, 4) is 0 Å². The molecule has 0 aromatic rings. The number of quaternary nitrogens is 1. The van der Waals surface area contributed by atoms with Gasteiger partial charge in [0.1, 0.15) is 13.2 Å². The minimum Gasteiger partial charge on any atom is -0.477 e. The average molecular weight is 996 g/mol. The van der Waals surface area contributed by atoms with Crippen LogP contribution in [0.1, 0.15) is 232 Å². The largest absolute Gasteiger partial charge is 0.477 e. The van der Waals surface area contributed by atoms with Gasteiger partial charge in [-0.2, -0.15) is 0 Å². The molecule has 0 fully saturated rings. The number of carboxylic acid groups (broad SMARTS) is 1. The van der Waals surface area contributed by atoms with Gasteiger partial charge in [-0.05, 0) is 83.5 Å². The van der Waals surface area contributed by atoms with Crippen LogP contribution in [-0.2, 0) is 33.3 Å². The molecule has 0 spiro atoms. The van der Waals surface area contributed by atoms with Crippen molar-refractivity contribution in [3.05, 3.63) is 85.1 Å². The lowest BCUT2D eigenvalue weighted by Gasteiger charge is -2.25. The van der Waals surface area contributed by atoms with Crippen LogP contribution in [0.25, 0.3) is 0 Å². The number of likely N-dealkylation sites (N-methyl/N-ethyl adjacent to an activating group) is 1. The summed E-state index contributed by atoms with van der Waals surface area (Å²) >= 11 is 0. The first-order chi connectivity index (χ1) is 34.6. The maximum absolute atomic E-state index is 12.8. The van der Waals surface area contributed by atoms with Gasteiger partial charge in [0, 0.05) is 12.8 Å². The van der Waals surface area contributed by atoms with Crippen LogP contribution >= 0.6 is 0 Å². The number of nitrogens with zero attached hydrogens (tertiary/aromatic N) is 1. The predicted octanol–water partition coefficient (Wildman–Crippen LogP) is 16.8. The van der Waals surface area contributed by atoms with Crippen molar-refractivity contribution in [2.75, 3.05) is 47.5 Å². The van der Waals surface area contributed by atoms with Gasteiger partial charge in [-0.1, -0.05) is 221 Å². The van der Waals surface area contributed by atoms with Crippen LogP contribution in [0.5, 0.6) is 0 Å². The van der Waals surface area contributed by atoms with E-state index in [9.17, 15) is 19.5 Å². The molecule has 0 aromatic heterocycles. The lowest BCUT2D eigenvalue weighted by Crippen LogP contribution is -2.40. The Morgan fingerprint density at radius 2 is 0.817 bits per heavy atom. The van der Waals surface area contributed by atoms with E-state index < -0.39 is 24.3 Å². The first-order valence-electron chi connectivity index (χ1n) is 28.8. The molecule has 0 aromatic carbocycles. The highest BCUT2D eigenvalue weighted by Gasteiger charge is 2.25. The summed E-state index contributed by atoms with van der Waals surface area (Å²) in [6, 6.07) is 0. The molecule has 0 aliphatic rings. The van der Waals surface area contributed by atoms with Crippen molar-refractivity contribution < 1.29 is 42.9 Å². The Balaban J connectivity index is 4.22. The van der Waals surface area contributed by atoms with E-state index in [1.165, 1.54) is 135 Å². The first kappa shape index (κ1) is 67.5. The monoisotopic (exact) mass is 995 g/mol. The summed E-state index contributed by atoms with van der Waals surface area (Å²) < 4.78 is 22.8. The van der Waals surface area contributed by atoms with E-state index >= 15 is 0 Å². The van der Waals surface area contributed by atoms with E-state index in [2.05, 4.69) is 98.9 Å². The summed E-state index contributed by atoms with van der Waals surface area (Å²) in [5, 5.41) is 9.68. The SMILES string of the molecule is CC/C=C\C/C=C\C/C=C\C/C=C\C/C=C\CCCC(=O)OC(COC(=O)CCCCCCCCCCCCCCCCCCC/C=C\C/C=C\CCCCCCC)COC(OCC[N+](C)(C)C)C(=O)O. The van der Waals surface area contributed by atoms with Crippen LogP contribution in [0.15, 0.2) is 85.1 Å². The molecule has 0 radical (unpaired) electrons. The molecule has 2 atom stereocenters. The number of rotatable bonds is 52. The number of allylic oxidation sites excluding steroid dienone is 14. The fraction of sp³-hybridized carbons (Fsp3) is 0.726. The van der Waals surface area contributed by atoms with E-state index in [1.807, 2.05) is 21.1 Å². The zero-order valence-corrected chi connectivity index (χ0v) is 46.4. The van der Waals surface area contributed by atoms with Gasteiger partial charge < -0.3 is 28.5 Å². The lowest BCUT2D eigenvalue weighted by atomic mass is 10.0. The maximum Gasteiger partial charge on any atom is 0.361 e. The summed E-state index contributed by atoms with van der Waals surface area (Å²) in [7, 11) is 5.94. The van der Waals surface area contributed by atoms with Crippen molar-refractivity contribution >= 4 is 17.9 Å². The number of unbranched alkanes of at least 4 members (excludes halogenated alkanes) is 23. The van der Waals surface area contributed by atoms with Crippen molar-refractivity contribution in [2.45, 2.75) is 245 Å². The smallest absolute Gasteiger partial charge is 0.361 e. The van der Waals surface area contributed by atoms with Crippen molar-refractivity contribution in [1.82, 2.24) is 0 Å². The summed E-state index contributed by atoms with van der Waals surface area (Å²) in [5.41, 5.74) is 0. The first-order valence-corrected chi connectivity index (χ1v) is 28.8. The number of aliphatic carboxylic acids is 1. The molecule has 0 aliphatic heterocycles. The second kappa shape index (κ2) is 52.8.